The van der Waals surface area contributed by atoms with Gasteiger partial charge in [-0.3, -0.25) is 19.2 Å². The molecule has 188 valence electrons. The van der Waals surface area contributed by atoms with Crippen LogP contribution in [0.3, 0.4) is 0 Å². The predicted octanol–water partition coefficient (Wildman–Crippen LogP) is -1.05. The number of aliphatic carboxylic acids is 1. The number of nitrogens with one attached hydrogen (secondary N) is 3. The van der Waals surface area contributed by atoms with Crippen molar-refractivity contribution in [1.82, 2.24) is 16.0 Å². The molecule has 4 atom stereocenters. The summed E-state index contributed by atoms with van der Waals surface area (Å²) in [5, 5.41) is 16.8. The number of hydrogen-bond donors (Lipinski definition) is 7. The minimum Gasteiger partial charge on any atom is -0.480 e. The van der Waals surface area contributed by atoms with Crippen molar-refractivity contribution in [3.63, 3.8) is 0 Å². The second kappa shape index (κ2) is 14.2. The number of thiol groups is 1. The van der Waals surface area contributed by atoms with Gasteiger partial charge in [-0.25, -0.2) is 4.79 Å². The van der Waals surface area contributed by atoms with Gasteiger partial charge in [-0.2, -0.15) is 12.6 Å². The molecular formula is C22H33N5O6S. The number of primary amides is 1. The highest BCUT2D eigenvalue weighted by molar-refractivity contribution is 7.80. The zero-order valence-electron chi connectivity index (χ0n) is 19.2. The molecule has 1 aromatic carbocycles. The summed E-state index contributed by atoms with van der Waals surface area (Å²) in [6.45, 7) is 3.23. The molecule has 4 amide bonds. The molecule has 1 rings (SSSR count). The average molecular weight is 496 g/mol. The summed E-state index contributed by atoms with van der Waals surface area (Å²) >= 11 is 3.99. The second-order valence-electron chi connectivity index (χ2n) is 8.17. The van der Waals surface area contributed by atoms with Crippen LogP contribution >= 0.6 is 12.6 Å². The normalized spacial score (nSPS) is 14.4. The predicted molar refractivity (Wildman–Crippen MR) is 129 cm³/mol. The smallest absolute Gasteiger partial charge is 0.326 e. The third kappa shape index (κ3) is 9.79. The van der Waals surface area contributed by atoms with Crippen molar-refractivity contribution in [2.75, 3.05) is 5.75 Å². The lowest BCUT2D eigenvalue weighted by Crippen LogP contribution is -2.58. The minimum absolute atomic E-state index is 0.0565. The van der Waals surface area contributed by atoms with E-state index in [0.29, 0.717) is 0 Å². The molecule has 11 nitrogen and oxygen atoms in total. The van der Waals surface area contributed by atoms with E-state index in [2.05, 4.69) is 28.6 Å². The number of carbonyl (C=O) groups is 5. The van der Waals surface area contributed by atoms with Crippen molar-refractivity contribution in [1.29, 1.82) is 0 Å². The topological polar surface area (TPSA) is 194 Å². The number of carbonyl (C=O) groups excluding carboxylic acids is 4. The average Bonchev–Trinajstić information content (AvgIpc) is 2.78. The van der Waals surface area contributed by atoms with Crippen LogP contribution in [0.1, 0.15) is 32.3 Å². The first-order chi connectivity index (χ1) is 16.0. The third-order valence-corrected chi connectivity index (χ3v) is 5.39. The highest BCUT2D eigenvalue weighted by Crippen LogP contribution is 2.08. The molecule has 0 aliphatic carbocycles. The molecule has 4 unspecified atom stereocenters. The molecule has 0 aliphatic rings. The molecular weight excluding hydrogens is 462 g/mol. The first kappa shape index (κ1) is 28.9. The summed E-state index contributed by atoms with van der Waals surface area (Å²) in [4.78, 5) is 61.0. The van der Waals surface area contributed by atoms with Gasteiger partial charge < -0.3 is 32.5 Å². The van der Waals surface area contributed by atoms with E-state index >= 15 is 0 Å². The maximum Gasteiger partial charge on any atom is 0.326 e. The largest absolute Gasteiger partial charge is 0.480 e. The van der Waals surface area contributed by atoms with Gasteiger partial charge in [0.15, 0.2) is 0 Å². The maximum atomic E-state index is 13.1. The highest BCUT2D eigenvalue weighted by atomic mass is 32.1. The van der Waals surface area contributed by atoms with Gasteiger partial charge in [-0.05, 0) is 17.9 Å². The number of benzene rings is 1. The highest BCUT2D eigenvalue weighted by Gasteiger charge is 2.31. The van der Waals surface area contributed by atoms with Crippen LogP contribution in [0.5, 0.6) is 0 Å². The molecule has 0 heterocycles. The van der Waals surface area contributed by atoms with Crippen LogP contribution in [0.4, 0.5) is 0 Å². The number of rotatable bonds is 14. The van der Waals surface area contributed by atoms with E-state index in [4.69, 9.17) is 11.5 Å². The van der Waals surface area contributed by atoms with E-state index in [1.54, 1.807) is 44.2 Å². The van der Waals surface area contributed by atoms with E-state index in [-0.39, 0.29) is 25.0 Å². The molecule has 1 aromatic rings. The lowest BCUT2D eigenvalue weighted by atomic mass is 10.0. The van der Waals surface area contributed by atoms with Crippen molar-refractivity contribution in [2.24, 2.45) is 17.4 Å². The van der Waals surface area contributed by atoms with Gasteiger partial charge in [0.25, 0.3) is 0 Å². The van der Waals surface area contributed by atoms with Crippen molar-refractivity contribution in [3.8, 4) is 0 Å². The van der Waals surface area contributed by atoms with E-state index in [9.17, 15) is 29.1 Å². The van der Waals surface area contributed by atoms with Gasteiger partial charge in [0.05, 0.1) is 6.04 Å². The lowest BCUT2D eigenvalue weighted by molar-refractivity contribution is -0.143. The van der Waals surface area contributed by atoms with E-state index in [1.165, 1.54) is 0 Å². The Bertz CT molecular complexity index is 867. The first-order valence-corrected chi connectivity index (χ1v) is 11.4. The van der Waals surface area contributed by atoms with Gasteiger partial charge in [0.2, 0.25) is 23.6 Å². The zero-order chi connectivity index (χ0) is 25.8. The van der Waals surface area contributed by atoms with Gasteiger partial charge >= 0.3 is 5.97 Å². The number of hydrogen-bond acceptors (Lipinski definition) is 7. The Balaban J connectivity index is 3.11. The van der Waals surface area contributed by atoms with Crippen LogP contribution < -0.4 is 27.4 Å². The monoisotopic (exact) mass is 495 g/mol. The molecule has 8 N–H and O–H groups in total. The van der Waals surface area contributed by atoms with Gasteiger partial charge in [-0.1, -0.05) is 44.2 Å². The fourth-order valence-corrected chi connectivity index (χ4v) is 3.18. The Hall–Kier alpha value is -3.12. The molecule has 0 aromatic heterocycles. The molecule has 34 heavy (non-hydrogen) atoms. The van der Waals surface area contributed by atoms with Crippen molar-refractivity contribution in [3.05, 3.63) is 35.9 Å². The molecule has 0 fully saturated rings. The summed E-state index contributed by atoms with van der Waals surface area (Å²) in [5.74, 6) is -4.40. The van der Waals surface area contributed by atoms with Crippen LogP contribution in [0.2, 0.25) is 0 Å². The number of carboxylic acids is 1. The van der Waals surface area contributed by atoms with E-state index in [0.717, 1.165) is 5.56 Å². The minimum atomic E-state index is -1.26. The second-order valence-corrected chi connectivity index (χ2v) is 8.54. The van der Waals surface area contributed by atoms with Crippen LogP contribution in [0, 0.1) is 5.92 Å². The quantitative estimate of drug-likeness (QED) is 0.160. The lowest BCUT2D eigenvalue weighted by Gasteiger charge is -2.26. The molecule has 0 aliphatic heterocycles. The number of nitrogens with two attached hydrogens (primary N) is 2. The summed E-state index contributed by atoms with van der Waals surface area (Å²) in [6.07, 6.45) is -0.275. The van der Waals surface area contributed by atoms with Gasteiger partial charge in [0, 0.05) is 18.6 Å². The molecule has 0 bridgehead atoms. The summed E-state index contributed by atoms with van der Waals surface area (Å²) in [7, 11) is 0. The van der Waals surface area contributed by atoms with Crippen LogP contribution in [0.25, 0.3) is 0 Å². The number of carboxylic acid groups (broad SMARTS) is 1. The summed E-state index contributed by atoms with van der Waals surface area (Å²) in [6, 6.07) is 4.37. The molecule has 0 spiro atoms. The number of amides is 4. The Morgan fingerprint density at radius 3 is 2.00 bits per heavy atom. The summed E-state index contributed by atoms with van der Waals surface area (Å²) < 4.78 is 0. The van der Waals surface area contributed by atoms with E-state index < -0.39 is 59.7 Å². The first-order valence-electron chi connectivity index (χ1n) is 10.8. The molecule has 12 heteroatoms. The fraction of sp³-hybridized carbons (Fsp3) is 0.500. The Morgan fingerprint density at radius 1 is 0.941 bits per heavy atom. The van der Waals surface area contributed by atoms with Crippen LogP contribution in [0.15, 0.2) is 30.3 Å². The Labute approximate surface area is 203 Å². The summed E-state index contributed by atoms with van der Waals surface area (Å²) in [5.41, 5.74) is 11.6. The van der Waals surface area contributed by atoms with Crippen molar-refractivity contribution >= 4 is 42.2 Å². The fourth-order valence-electron chi connectivity index (χ4n) is 3.02. The third-order valence-electron chi connectivity index (χ3n) is 4.99. The van der Waals surface area contributed by atoms with Crippen molar-refractivity contribution < 1.29 is 29.1 Å². The van der Waals surface area contributed by atoms with Crippen LogP contribution in [-0.4, -0.2) is 64.6 Å². The molecule has 0 saturated heterocycles. The SMILES string of the molecule is CC(C)C(NC(=O)C(CCC(N)=O)NC(=O)C(Cc1ccccc1)NC(=O)C(N)CS)C(=O)O. The van der Waals surface area contributed by atoms with E-state index in [1.807, 2.05) is 0 Å². The maximum absolute atomic E-state index is 13.1. The zero-order valence-corrected chi connectivity index (χ0v) is 20.1. The Kier molecular flexibility index (Phi) is 12.1. The van der Waals surface area contributed by atoms with Gasteiger partial charge in [-0.15, -0.1) is 0 Å². The molecule has 0 saturated carbocycles. The Morgan fingerprint density at radius 2 is 1.50 bits per heavy atom. The van der Waals surface area contributed by atoms with Gasteiger partial charge in [0.1, 0.15) is 18.1 Å². The standard InChI is InChI=1S/C22H33N5O6S/c1-12(2)18(22(32)33)27-20(30)15(8-9-17(24)28)25-21(31)16(26-19(29)14(23)11-34)10-13-6-4-3-5-7-13/h3-7,12,14-16,18,34H,8-11,23H2,1-2H3,(H2,24,28)(H,25,31)(H,26,29)(H,27,30)(H,32,33). The molecule has 0 radical (unpaired) electrons. The van der Waals surface area contributed by atoms with Crippen molar-refractivity contribution in [2.45, 2.75) is 57.3 Å². The van der Waals surface area contributed by atoms with Crippen LogP contribution in [-0.2, 0) is 30.4 Å².